The topological polar surface area (TPSA) is 60.4 Å². The minimum atomic E-state index is -0.184. The number of hydrazine groups is 1. The normalized spacial score (nSPS) is 12.5. The summed E-state index contributed by atoms with van der Waals surface area (Å²) in [5.74, 6) is 7.32. The lowest BCUT2D eigenvalue weighted by Gasteiger charge is -2.18. The number of benzene rings is 1. The van der Waals surface area contributed by atoms with Crippen LogP contribution in [0.25, 0.3) is 0 Å². The first kappa shape index (κ1) is 14.1. The SMILES string of the molecule is COc1cc(C)c(C(NN)c2ccc(Br)o2)cc1C. The maximum Gasteiger partial charge on any atom is 0.169 e. The summed E-state index contributed by atoms with van der Waals surface area (Å²) < 4.78 is 11.6. The Morgan fingerprint density at radius 3 is 2.53 bits per heavy atom. The van der Waals surface area contributed by atoms with E-state index >= 15 is 0 Å². The molecule has 1 unspecified atom stereocenters. The fraction of sp³-hybridized carbons (Fsp3) is 0.286. The van der Waals surface area contributed by atoms with Crippen molar-refractivity contribution in [1.82, 2.24) is 5.43 Å². The van der Waals surface area contributed by atoms with Crippen molar-refractivity contribution in [3.63, 3.8) is 0 Å². The lowest BCUT2D eigenvalue weighted by Crippen LogP contribution is -2.29. The molecule has 1 atom stereocenters. The Morgan fingerprint density at radius 2 is 2.00 bits per heavy atom. The number of furan rings is 1. The summed E-state index contributed by atoms with van der Waals surface area (Å²) in [6.07, 6.45) is 0. The number of ether oxygens (including phenoxy) is 1. The van der Waals surface area contributed by atoms with Crippen molar-refractivity contribution in [3.8, 4) is 5.75 Å². The van der Waals surface area contributed by atoms with Crippen molar-refractivity contribution < 1.29 is 9.15 Å². The monoisotopic (exact) mass is 324 g/mol. The highest BCUT2D eigenvalue weighted by Gasteiger charge is 2.19. The van der Waals surface area contributed by atoms with Crippen LogP contribution in [0.15, 0.2) is 33.4 Å². The van der Waals surface area contributed by atoms with Gasteiger partial charge >= 0.3 is 0 Å². The van der Waals surface area contributed by atoms with Gasteiger partial charge < -0.3 is 9.15 Å². The fourth-order valence-corrected chi connectivity index (χ4v) is 2.47. The number of hydrogen-bond acceptors (Lipinski definition) is 4. The molecule has 0 amide bonds. The smallest absolute Gasteiger partial charge is 0.169 e. The van der Waals surface area contributed by atoms with Crippen molar-refractivity contribution in [1.29, 1.82) is 0 Å². The third kappa shape index (κ3) is 2.83. The molecule has 0 bridgehead atoms. The molecule has 0 aliphatic heterocycles. The van der Waals surface area contributed by atoms with Crippen LogP contribution in [0.1, 0.15) is 28.5 Å². The zero-order chi connectivity index (χ0) is 14.0. The van der Waals surface area contributed by atoms with E-state index in [1.807, 2.05) is 32.0 Å². The van der Waals surface area contributed by atoms with Gasteiger partial charge in [-0.15, -0.1) is 0 Å². The average molecular weight is 325 g/mol. The van der Waals surface area contributed by atoms with Gasteiger partial charge in [-0.2, -0.15) is 0 Å². The molecular weight excluding hydrogens is 308 g/mol. The molecule has 3 N–H and O–H groups in total. The first-order chi connectivity index (χ1) is 9.06. The van der Waals surface area contributed by atoms with Gasteiger partial charge in [-0.1, -0.05) is 6.07 Å². The number of methoxy groups -OCH3 is 1. The van der Waals surface area contributed by atoms with E-state index in [4.69, 9.17) is 15.0 Å². The van der Waals surface area contributed by atoms with Crippen LogP contribution in [-0.4, -0.2) is 7.11 Å². The summed E-state index contributed by atoms with van der Waals surface area (Å²) in [5, 5.41) is 0. The first-order valence-electron chi connectivity index (χ1n) is 5.93. The molecule has 0 radical (unpaired) electrons. The van der Waals surface area contributed by atoms with Gasteiger partial charge in [0.05, 0.1) is 7.11 Å². The van der Waals surface area contributed by atoms with Crippen LogP contribution in [0.5, 0.6) is 5.75 Å². The van der Waals surface area contributed by atoms with E-state index < -0.39 is 0 Å². The molecule has 0 spiro atoms. The van der Waals surface area contributed by atoms with Gasteiger partial charge in [-0.25, -0.2) is 5.43 Å². The largest absolute Gasteiger partial charge is 0.496 e. The molecule has 0 aliphatic carbocycles. The number of nitrogens with one attached hydrogen (secondary N) is 1. The van der Waals surface area contributed by atoms with Gasteiger partial charge in [0.1, 0.15) is 17.6 Å². The number of aryl methyl sites for hydroxylation is 2. The Hall–Kier alpha value is -1.30. The Balaban J connectivity index is 2.47. The number of hydrogen-bond donors (Lipinski definition) is 2. The number of rotatable bonds is 4. The molecule has 0 fully saturated rings. The van der Waals surface area contributed by atoms with Gasteiger partial charge in [0.25, 0.3) is 0 Å². The molecule has 1 heterocycles. The van der Waals surface area contributed by atoms with Crippen LogP contribution in [0.4, 0.5) is 0 Å². The predicted molar refractivity (Wildman–Crippen MR) is 78.0 cm³/mol. The van der Waals surface area contributed by atoms with Crippen LogP contribution in [0.3, 0.4) is 0 Å². The van der Waals surface area contributed by atoms with Crippen LogP contribution in [0, 0.1) is 13.8 Å². The van der Waals surface area contributed by atoms with Gasteiger partial charge in [-0.3, -0.25) is 5.84 Å². The summed E-state index contributed by atoms with van der Waals surface area (Å²) in [5.41, 5.74) is 6.03. The Kier molecular flexibility index (Phi) is 4.29. The summed E-state index contributed by atoms with van der Waals surface area (Å²) >= 11 is 3.30. The van der Waals surface area contributed by atoms with Gasteiger partial charge in [-0.05, 0) is 64.7 Å². The fourth-order valence-electron chi connectivity index (χ4n) is 2.15. The maximum atomic E-state index is 5.68. The second kappa shape index (κ2) is 5.77. The Bertz CT molecular complexity index is 581. The lowest BCUT2D eigenvalue weighted by molar-refractivity contribution is 0.409. The molecular formula is C14H17BrN2O2. The second-order valence-electron chi connectivity index (χ2n) is 4.42. The third-order valence-corrected chi connectivity index (χ3v) is 3.57. The van der Waals surface area contributed by atoms with E-state index in [2.05, 4.69) is 27.4 Å². The first-order valence-corrected chi connectivity index (χ1v) is 6.72. The lowest BCUT2D eigenvalue weighted by atomic mass is 9.97. The van der Waals surface area contributed by atoms with Crippen LogP contribution < -0.4 is 16.0 Å². The molecule has 102 valence electrons. The summed E-state index contributed by atoms with van der Waals surface area (Å²) in [4.78, 5) is 0. The standard InChI is InChI=1S/C14H17BrN2O2/c1-8-7-12(18-3)9(2)6-10(8)14(17-16)11-4-5-13(15)19-11/h4-7,14,17H,16H2,1-3H3. The minimum absolute atomic E-state index is 0.184. The zero-order valence-electron chi connectivity index (χ0n) is 11.2. The summed E-state index contributed by atoms with van der Waals surface area (Å²) in [7, 11) is 1.67. The van der Waals surface area contributed by atoms with E-state index in [1.165, 1.54) is 0 Å². The number of halogens is 1. The highest BCUT2D eigenvalue weighted by atomic mass is 79.9. The van der Waals surface area contributed by atoms with E-state index in [0.29, 0.717) is 4.67 Å². The minimum Gasteiger partial charge on any atom is -0.496 e. The van der Waals surface area contributed by atoms with Crippen molar-refractivity contribution in [2.45, 2.75) is 19.9 Å². The van der Waals surface area contributed by atoms with Crippen LogP contribution in [-0.2, 0) is 0 Å². The molecule has 1 aromatic heterocycles. The third-order valence-electron chi connectivity index (χ3n) is 3.14. The second-order valence-corrected chi connectivity index (χ2v) is 5.20. The highest BCUT2D eigenvalue weighted by Crippen LogP contribution is 2.31. The molecule has 1 aromatic carbocycles. The van der Waals surface area contributed by atoms with E-state index in [-0.39, 0.29) is 6.04 Å². The van der Waals surface area contributed by atoms with Crippen molar-refractivity contribution >= 4 is 15.9 Å². The van der Waals surface area contributed by atoms with Crippen LogP contribution in [0.2, 0.25) is 0 Å². The highest BCUT2D eigenvalue weighted by molar-refractivity contribution is 9.10. The molecule has 5 heteroatoms. The van der Waals surface area contributed by atoms with Crippen LogP contribution >= 0.6 is 15.9 Å². The molecule has 2 aromatic rings. The molecule has 0 saturated heterocycles. The molecule has 19 heavy (non-hydrogen) atoms. The van der Waals surface area contributed by atoms with Crippen molar-refractivity contribution in [2.75, 3.05) is 7.11 Å². The Labute approximate surface area is 121 Å². The van der Waals surface area contributed by atoms with Crippen molar-refractivity contribution in [3.05, 3.63) is 51.4 Å². The molecule has 0 aliphatic rings. The summed E-state index contributed by atoms with van der Waals surface area (Å²) in [6, 6.07) is 7.64. The quantitative estimate of drug-likeness (QED) is 0.669. The van der Waals surface area contributed by atoms with Gasteiger partial charge in [0.2, 0.25) is 0 Å². The zero-order valence-corrected chi connectivity index (χ0v) is 12.7. The average Bonchev–Trinajstić information content (AvgIpc) is 2.80. The predicted octanol–water partition coefficient (Wildman–Crippen LogP) is 3.22. The molecule has 2 rings (SSSR count). The molecule has 4 nitrogen and oxygen atoms in total. The van der Waals surface area contributed by atoms with E-state index in [9.17, 15) is 0 Å². The molecule has 0 saturated carbocycles. The van der Waals surface area contributed by atoms with Gasteiger partial charge in [0.15, 0.2) is 4.67 Å². The Morgan fingerprint density at radius 1 is 1.26 bits per heavy atom. The number of nitrogens with two attached hydrogens (primary N) is 1. The van der Waals surface area contributed by atoms with E-state index in [0.717, 1.165) is 28.2 Å². The van der Waals surface area contributed by atoms with Gasteiger partial charge in [0, 0.05) is 0 Å². The summed E-state index contributed by atoms with van der Waals surface area (Å²) in [6.45, 7) is 4.03. The van der Waals surface area contributed by atoms with Crippen molar-refractivity contribution in [2.24, 2.45) is 5.84 Å². The van der Waals surface area contributed by atoms with E-state index in [1.54, 1.807) is 7.11 Å². The maximum absolute atomic E-state index is 5.68.